The van der Waals surface area contributed by atoms with Crippen molar-refractivity contribution in [3.63, 3.8) is 0 Å². The van der Waals surface area contributed by atoms with Gasteiger partial charge in [-0.25, -0.2) is 0 Å². The lowest BCUT2D eigenvalue weighted by atomic mass is 10.0. The molecule has 12 heavy (non-hydrogen) atoms. The monoisotopic (exact) mass is 170 g/mol. The Hall–Kier alpha value is -0.120. The molecule has 0 aromatic heterocycles. The number of rotatable bonds is 3. The summed E-state index contributed by atoms with van der Waals surface area (Å²) < 4.78 is 5.57. The SMILES string of the molecule is NCC1CCN1C[C@@H]1CCCO1. The van der Waals surface area contributed by atoms with E-state index in [1.807, 2.05) is 0 Å². The van der Waals surface area contributed by atoms with Crippen molar-refractivity contribution in [3.05, 3.63) is 0 Å². The van der Waals surface area contributed by atoms with E-state index in [1.165, 1.54) is 25.8 Å². The van der Waals surface area contributed by atoms with Crippen molar-refractivity contribution in [2.45, 2.75) is 31.4 Å². The molecule has 2 aliphatic rings. The minimum Gasteiger partial charge on any atom is -0.377 e. The van der Waals surface area contributed by atoms with Crippen LogP contribution in [0.15, 0.2) is 0 Å². The summed E-state index contributed by atoms with van der Waals surface area (Å²) in [4.78, 5) is 2.45. The molecule has 0 amide bonds. The first-order valence-corrected chi connectivity index (χ1v) is 4.96. The van der Waals surface area contributed by atoms with E-state index in [4.69, 9.17) is 10.5 Å². The van der Waals surface area contributed by atoms with E-state index in [1.54, 1.807) is 0 Å². The summed E-state index contributed by atoms with van der Waals surface area (Å²) in [5.41, 5.74) is 5.62. The lowest BCUT2D eigenvalue weighted by molar-refractivity contribution is 0.0197. The zero-order valence-corrected chi connectivity index (χ0v) is 7.54. The van der Waals surface area contributed by atoms with E-state index in [9.17, 15) is 0 Å². The van der Waals surface area contributed by atoms with E-state index in [0.717, 1.165) is 19.7 Å². The Labute approximate surface area is 73.9 Å². The maximum atomic E-state index is 5.62. The molecule has 0 bridgehead atoms. The molecular weight excluding hydrogens is 152 g/mol. The number of ether oxygens (including phenoxy) is 1. The molecular formula is C9H18N2O. The normalized spacial score (nSPS) is 36.8. The molecule has 1 unspecified atom stereocenters. The lowest BCUT2D eigenvalue weighted by Crippen LogP contribution is -2.53. The molecule has 0 saturated carbocycles. The van der Waals surface area contributed by atoms with E-state index >= 15 is 0 Å². The van der Waals surface area contributed by atoms with Crippen molar-refractivity contribution in [2.24, 2.45) is 5.73 Å². The van der Waals surface area contributed by atoms with Gasteiger partial charge in [-0.3, -0.25) is 4.90 Å². The number of nitrogens with two attached hydrogens (primary N) is 1. The van der Waals surface area contributed by atoms with Gasteiger partial charge in [0.2, 0.25) is 0 Å². The van der Waals surface area contributed by atoms with Crippen molar-refractivity contribution in [1.82, 2.24) is 4.90 Å². The molecule has 0 aromatic carbocycles. The van der Waals surface area contributed by atoms with Crippen LogP contribution in [0.25, 0.3) is 0 Å². The summed E-state index contributed by atoms with van der Waals surface area (Å²) >= 11 is 0. The Bertz CT molecular complexity index is 143. The second kappa shape index (κ2) is 3.73. The van der Waals surface area contributed by atoms with E-state index in [-0.39, 0.29) is 0 Å². The minimum atomic E-state index is 0.499. The highest BCUT2D eigenvalue weighted by molar-refractivity contribution is 4.85. The Morgan fingerprint density at radius 3 is 2.83 bits per heavy atom. The van der Waals surface area contributed by atoms with Gasteiger partial charge < -0.3 is 10.5 Å². The third-order valence-electron chi connectivity index (χ3n) is 3.00. The first-order valence-electron chi connectivity index (χ1n) is 4.96. The Morgan fingerprint density at radius 1 is 1.42 bits per heavy atom. The van der Waals surface area contributed by atoms with Crippen LogP contribution in [-0.4, -0.2) is 43.3 Å². The van der Waals surface area contributed by atoms with Crippen LogP contribution in [0.5, 0.6) is 0 Å². The highest BCUT2D eigenvalue weighted by Crippen LogP contribution is 2.20. The summed E-state index contributed by atoms with van der Waals surface area (Å²) in [5.74, 6) is 0. The zero-order chi connectivity index (χ0) is 8.39. The van der Waals surface area contributed by atoms with Gasteiger partial charge in [-0.2, -0.15) is 0 Å². The molecule has 0 spiro atoms. The molecule has 3 heteroatoms. The molecule has 0 aliphatic carbocycles. The van der Waals surface area contributed by atoms with Gasteiger partial charge in [0.15, 0.2) is 0 Å². The van der Waals surface area contributed by atoms with Crippen LogP contribution >= 0.6 is 0 Å². The molecule has 2 saturated heterocycles. The van der Waals surface area contributed by atoms with Crippen molar-refractivity contribution in [1.29, 1.82) is 0 Å². The van der Waals surface area contributed by atoms with E-state index in [0.29, 0.717) is 12.1 Å². The first-order chi connectivity index (χ1) is 5.90. The van der Waals surface area contributed by atoms with E-state index < -0.39 is 0 Å². The van der Waals surface area contributed by atoms with Crippen LogP contribution in [0.1, 0.15) is 19.3 Å². The van der Waals surface area contributed by atoms with Gasteiger partial charge in [-0.1, -0.05) is 0 Å². The molecule has 2 heterocycles. The number of hydrogen-bond donors (Lipinski definition) is 1. The van der Waals surface area contributed by atoms with Crippen LogP contribution in [0, 0.1) is 0 Å². The van der Waals surface area contributed by atoms with E-state index in [2.05, 4.69) is 4.90 Å². The van der Waals surface area contributed by atoms with Crippen LogP contribution in [0.4, 0.5) is 0 Å². The summed E-state index contributed by atoms with van der Waals surface area (Å²) in [6, 6.07) is 0.647. The second-order valence-corrected chi connectivity index (χ2v) is 3.81. The van der Waals surface area contributed by atoms with Gasteiger partial charge in [0.1, 0.15) is 0 Å². The van der Waals surface area contributed by atoms with Crippen LogP contribution in [0.3, 0.4) is 0 Å². The van der Waals surface area contributed by atoms with Gasteiger partial charge in [-0.05, 0) is 19.3 Å². The fourth-order valence-electron chi connectivity index (χ4n) is 2.05. The first kappa shape index (κ1) is 8.48. The maximum absolute atomic E-state index is 5.62. The third-order valence-corrected chi connectivity index (χ3v) is 3.00. The molecule has 3 nitrogen and oxygen atoms in total. The van der Waals surface area contributed by atoms with Gasteiger partial charge >= 0.3 is 0 Å². The molecule has 2 fully saturated rings. The largest absolute Gasteiger partial charge is 0.377 e. The van der Waals surface area contributed by atoms with Crippen LogP contribution < -0.4 is 5.73 Å². The van der Waals surface area contributed by atoms with Gasteiger partial charge in [0.05, 0.1) is 6.10 Å². The lowest BCUT2D eigenvalue weighted by Gasteiger charge is -2.41. The summed E-state index contributed by atoms with van der Waals surface area (Å²) in [6.07, 6.45) is 4.27. The molecule has 2 N–H and O–H groups in total. The van der Waals surface area contributed by atoms with Gasteiger partial charge in [0.25, 0.3) is 0 Å². The maximum Gasteiger partial charge on any atom is 0.0702 e. The van der Waals surface area contributed by atoms with Gasteiger partial charge in [0, 0.05) is 32.3 Å². The summed E-state index contributed by atoms with van der Waals surface area (Å²) in [6.45, 7) is 4.11. The van der Waals surface area contributed by atoms with Crippen molar-refractivity contribution in [3.8, 4) is 0 Å². The average molecular weight is 170 g/mol. The predicted molar refractivity (Wildman–Crippen MR) is 48.0 cm³/mol. The molecule has 0 radical (unpaired) electrons. The number of nitrogens with zero attached hydrogens (tertiary/aromatic N) is 1. The Kier molecular flexibility index (Phi) is 2.63. The summed E-state index contributed by atoms with van der Waals surface area (Å²) in [7, 11) is 0. The van der Waals surface area contributed by atoms with Crippen molar-refractivity contribution >= 4 is 0 Å². The minimum absolute atomic E-state index is 0.499. The molecule has 2 aliphatic heterocycles. The van der Waals surface area contributed by atoms with Crippen molar-refractivity contribution in [2.75, 3.05) is 26.2 Å². The van der Waals surface area contributed by atoms with Gasteiger partial charge in [-0.15, -0.1) is 0 Å². The van der Waals surface area contributed by atoms with Crippen LogP contribution in [-0.2, 0) is 4.74 Å². The highest BCUT2D eigenvalue weighted by atomic mass is 16.5. The smallest absolute Gasteiger partial charge is 0.0702 e. The number of likely N-dealkylation sites (tertiary alicyclic amines) is 1. The molecule has 2 rings (SSSR count). The second-order valence-electron chi connectivity index (χ2n) is 3.81. The third kappa shape index (κ3) is 1.63. The predicted octanol–water partition coefficient (Wildman–Crippen LogP) is 0.198. The standard InChI is InChI=1S/C9H18N2O/c10-6-8-3-4-11(8)7-9-2-1-5-12-9/h8-9H,1-7,10H2/t8?,9-/m0/s1. The molecule has 2 atom stereocenters. The van der Waals surface area contributed by atoms with Crippen LogP contribution in [0.2, 0.25) is 0 Å². The zero-order valence-electron chi connectivity index (χ0n) is 7.54. The fraction of sp³-hybridized carbons (Fsp3) is 1.00. The molecule has 70 valence electrons. The van der Waals surface area contributed by atoms with Crippen molar-refractivity contribution < 1.29 is 4.74 Å². The quantitative estimate of drug-likeness (QED) is 0.657. The molecule has 0 aromatic rings. The summed E-state index contributed by atoms with van der Waals surface area (Å²) in [5, 5.41) is 0. The Morgan fingerprint density at radius 2 is 2.33 bits per heavy atom. The number of hydrogen-bond acceptors (Lipinski definition) is 3. The Balaban J connectivity index is 1.71. The fourth-order valence-corrected chi connectivity index (χ4v) is 2.05. The highest BCUT2D eigenvalue weighted by Gasteiger charge is 2.29. The topological polar surface area (TPSA) is 38.5 Å². The average Bonchev–Trinajstić information content (AvgIpc) is 2.51.